The van der Waals surface area contributed by atoms with Crippen molar-refractivity contribution in [3.8, 4) is 0 Å². The molecule has 1 fully saturated rings. The van der Waals surface area contributed by atoms with E-state index in [0.717, 1.165) is 43.6 Å². The van der Waals surface area contributed by atoms with Gasteiger partial charge in [-0.05, 0) is 32.1 Å². The van der Waals surface area contributed by atoms with E-state index < -0.39 is 11.4 Å². The highest BCUT2D eigenvalue weighted by Crippen LogP contribution is 2.34. The van der Waals surface area contributed by atoms with Gasteiger partial charge in [0.2, 0.25) is 5.95 Å². The smallest absolute Gasteiger partial charge is 0.311 e. The molecule has 1 aromatic rings. The molecule has 6 nitrogen and oxygen atoms in total. The zero-order valence-corrected chi connectivity index (χ0v) is 13.1. The highest BCUT2D eigenvalue weighted by molar-refractivity contribution is 5.75. The molecule has 1 aliphatic heterocycles. The first-order chi connectivity index (χ1) is 10.1. The third kappa shape index (κ3) is 2.99. The van der Waals surface area contributed by atoms with Crippen LogP contribution in [0.3, 0.4) is 0 Å². The molecule has 1 aliphatic rings. The number of carboxylic acids is 1. The Balaban J connectivity index is 2.27. The summed E-state index contributed by atoms with van der Waals surface area (Å²) < 4.78 is 0. The monoisotopic (exact) mass is 292 g/mol. The van der Waals surface area contributed by atoms with Crippen molar-refractivity contribution >= 4 is 11.9 Å². The zero-order chi connectivity index (χ0) is 15.5. The van der Waals surface area contributed by atoms with Crippen molar-refractivity contribution in [2.75, 3.05) is 18.0 Å². The van der Waals surface area contributed by atoms with Crippen molar-refractivity contribution in [1.29, 1.82) is 0 Å². The average molecular weight is 292 g/mol. The normalized spacial score (nSPS) is 22.3. The number of nitrogens with zero attached hydrogens (tertiary/aromatic N) is 4. The first-order valence-corrected chi connectivity index (χ1v) is 7.77. The Morgan fingerprint density at radius 2 is 1.95 bits per heavy atom. The van der Waals surface area contributed by atoms with Gasteiger partial charge in [-0.15, -0.1) is 5.10 Å². The molecule has 0 aromatic carbocycles. The third-order valence-corrected chi connectivity index (χ3v) is 4.49. The Labute approximate surface area is 125 Å². The second kappa shape index (κ2) is 6.37. The molecule has 0 spiro atoms. The summed E-state index contributed by atoms with van der Waals surface area (Å²) >= 11 is 0. The van der Waals surface area contributed by atoms with Crippen LogP contribution in [-0.4, -0.2) is 39.3 Å². The molecular formula is C15H24N4O2. The largest absolute Gasteiger partial charge is 0.481 e. The van der Waals surface area contributed by atoms with Crippen molar-refractivity contribution in [3.05, 3.63) is 11.4 Å². The van der Waals surface area contributed by atoms with Gasteiger partial charge in [0.15, 0.2) is 0 Å². The van der Waals surface area contributed by atoms with Crippen LogP contribution in [0.4, 0.5) is 5.95 Å². The molecule has 0 bridgehead atoms. The van der Waals surface area contributed by atoms with Gasteiger partial charge >= 0.3 is 5.97 Å². The highest BCUT2D eigenvalue weighted by Gasteiger charge is 2.41. The van der Waals surface area contributed by atoms with Crippen molar-refractivity contribution in [2.45, 2.75) is 52.9 Å². The molecule has 1 N–H and O–H groups in total. The fraction of sp³-hybridized carbons (Fsp3) is 0.733. The fourth-order valence-electron chi connectivity index (χ4n) is 2.98. The van der Waals surface area contributed by atoms with Crippen LogP contribution in [0.25, 0.3) is 0 Å². The fourth-order valence-corrected chi connectivity index (χ4v) is 2.98. The molecule has 0 radical (unpaired) electrons. The van der Waals surface area contributed by atoms with E-state index in [1.165, 1.54) is 0 Å². The molecule has 116 valence electrons. The number of aliphatic carboxylic acids is 1. The quantitative estimate of drug-likeness (QED) is 0.895. The summed E-state index contributed by atoms with van der Waals surface area (Å²) in [5.41, 5.74) is 1.21. The SMILES string of the molecule is CCc1nnc(N2CCCC(CC)(C(=O)O)C2)nc1CC. The maximum atomic E-state index is 11.6. The summed E-state index contributed by atoms with van der Waals surface area (Å²) in [7, 11) is 0. The third-order valence-electron chi connectivity index (χ3n) is 4.49. The van der Waals surface area contributed by atoms with E-state index in [0.29, 0.717) is 18.9 Å². The highest BCUT2D eigenvalue weighted by atomic mass is 16.4. The van der Waals surface area contributed by atoms with Gasteiger partial charge in [-0.1, -0.05) is 20.8 Å². The summed E-state index contributed by atoms with van der Waals surface area (Å²) in [4.78, 5) is 18.2. The van der Waals surface area contributed by atoms with Gasteiger partial charge in [-0.2, -0.15) is 5.10 Å². The summed E-state index contributed by atoms with van der Waals surface area (Å²) in [5.74, 6) is -0.147. The Morgan fingerprint density at radius 1 is 1.24 bits per heavy atom. The van der Waals surface area contributed by atoms with Crippen LogP contribution in [0.1, 0.15) is 51.4 Å². The van der Waals surface area contributed by atoms with E-state index in [2.05, 4.69) is 22.1 Å². The van der Waals surface area contributed by atoms with E-state index in [1.54, 1.807) is 0 Å². The lowest BCUT2D eigenvalue weighted by atomic mass is 9.78. The summed E-state index contributed by atoms with van der Waals surface area (Å²) in [6.07, 6.45) is 3.83. The van der Waals surface area contributed by atoms with Crippen molar-refractivity contribution in [1.82, 2.24) is 15.2 Å². The van der Waals surface area contributed by atoms with Crippen LogP contribution in [0.15, 0.2) is 0 Å². The second-order valence-electron chi connectivity index (χ2n) is 5.68. The molecule has 2 heterocycles. The predicted molar refractivity (Wildman–Crippen MR) is 80.4 cm³/mol. The lowest BCUT2D eigenvalue weighted by Gasteiger charge is -2.39. The number of hydrogen-bond donors (Lipinski definition) is 1. The van der Waals surface area contributed by atoms with Crippen LogP contribution in [0.5, 0.6) is 0 Å². The van der Waals surface area contributed by atoms with E-state index in [-0.39, 0.29) is 0 Å². The zero-order valence-electron chi connectivity index (χ0n) is 13.1. The summed E-state index contributed by atoms with van der Waals surface area (Å²) in [6, 6.07) is 0. The predicted octanol–water partition coefficient (Wildman–Crippen LogP) is 2.08. The Hall–Kier alpha value is -1.72. The van der Waals surface area contributed by atoms with Crippen LogP contribution >= 0.6 is 0 Å². The van der Waals surface area contributed by atoms with E-state index in [1.807, 2.05) is 18.7 Å². The number of rotatable bonds is 5. The number of carboxylic acid groups (broad SMARTS) is 1. The van der Waals surface area contributed by atoms with Crippen LogP contribution < -0.4 is 4.90 Å². The van der Waals surface area contributed by atoms with E-state index in [4.69, 9.17) is 0 Å². The minimum absolute atomic E-state index is 0.467. The number of hydrogen-bond acceptors (Lipinski definition) is 5. The maximum Gasteiger partial charge on any atom is 0.311 e. The maximum absolute atomic E-state index is 11.6. The Bertz CT molecular complexity index is 520. The van der Waals surface area contributed by atoms with Crippen molar-refractivity contribution in [3.63, 3.8) is 0 Å². The van der Waals surface area contributed by atoms with Gasteiger partial charge in [-0.25, -0.2) is 4.98 Å². The lowest BCUT2D eigenvalue weighted by molar-refractivity contribution is -0.149. The number of aryl methyl sites for hydroxylation is 2. The van der Waals surface area contributed by atoms with E-state index in [9.17, 15) is 9.90 Å². The van der Waals surface area contributed by atoms with Crippen molar-refractivity contribution < 1.29 is 9.90 Å². The summed E-state index contributed by atoms with van der Waals surface area (Å²) in [5, 5.41) is 18.0. The van der Waals surface area contributed by atoms with E-state index >= 15 is 0 Å². The minimum atomic E-state index is -0.719. The van der Waals surface area contributed by atoms with Crippen LogP contribution in [0, 0.1) is 5.41 Å². The molecule has 6 heteroatoms. The number of aromatic nitrogens is 3. The molecule has 1 unspecified atom stereocenters. The molecule has 1 atom stereocenters. The Kier molecular flexibility index (Phi) is 4.75. The van der Waals surface area contributed by atoms with Gasteiger partial charge < -0.3 is 10.0 Å². The van der Waals surface area contributed by atoms with Gasteiger partial charge in [-0.3, -0.25) is 4.79 Å². The van der Waals surface area contributed by atoms with Crippen LogP contribution in [0.2, 0.25) is 0 Å². The Morgan fingerprint density at radius 3 is 2.52 bits per heavy atom. The van der Waals surface area contributed by atoms with Crippen molar-refractivity contribution in [2.24, 2.45) is 5.41 Å². The molecule has 0 saturated carbocycles. The first-order valence-electron chi connectivity index (χ1n) is 7.77. The van der Waals surface area contributed by atoms with Gasteiger partial charge in [0, 0.05) is 13.1 Å². The number of piperidine rings is 1. The minimum Gasteiger partial charge on any atom is -0.481 e. The lowest BCUT2D eigenvalue weighted by Crippen LogP contribution is -2.48. The summed E-state index contributed by atoms with van der Waals surface area (Å²) in [6.45, 7) is 7.30. The molecule has 1 saturated heterocycles. The van der Waals surface area contributed by atoms with Gasteiger partial charge in [0.05, 0.1) is 16.8 Å². The first kappa shape index (κ1) is 15.7. The molecule has 1 aromatic heterocycles. The van der Waals surface area contributed by atoms with Gasteiger partial charge in [0.25, 0.3) is 0 Å². The molecule has 2 rings (SSSR count). The van der Waals surface area contributed by atoms with Crippen LogP contribution in [-0.2, 0) is 17.6 Å². The number of carbonyl (C=O) groups is 1. The molecule has 0 aliphatic carbocycles. The number of anilines is 1. The van der Waals surface area contributed by atoms with Gasteiger partial charge in [0.1, 0.15) is 0 Å². The average Bonchev–Trinajstić information content (AvgIpc) is 2.53. The standard InChI is InChI=1S/C15H24N4O2/c1-4-11-12(5-2)17-18-14(16-11)19-9-7-8-15(6-3,10-19)13(20)21/h4-10H2,1-3H3,(H,20,21). The second-order valence-corrected chi connectivity index (χ2v) is 5.68. The molecular weight excluding hydrogens is 268 g/mol. The topological polar surface area (TPSA) is 79.2 Å². The molecule has 0 amide bonds. The molecule has 21 heavy (non-hydrogen) atoms.